The first kappa shape index (κ1) is 25.8. The van der Waals surface area contributed by atoms with Crippen molar-refractivity contribution in [1.82, 2.24) is 5.32 Å². The maximum atomic E-state index is 12.1. The second-order valence-corrected chi connectivity index (χ2v) is 12.0. The van der Waals surface area contributed by atoms with Crippen LogP contribution in [0.1, 0.15) is 79.1 Å². The predicted octanol–water partition coefficient (Wildman–Crippen LogP) is 3.91. The summed E-state index contributed by atoms with van der Waals surface area (Å²) >= 11 is 0. The maximum absolute atomic E-state index is 12.1. The molecule has 3 saturated carbocycles. The molecule has 3 N–H and O–H groups in total. The molecule has 7 heteroatoms. The number of terminal acetylenes is 1. The van der Waals surface area contributed by atoms with Crippen molar-refractivity contribution in [1.29, 1.82) is 0 Å². The average Bonchev–Trinajstić information content (AvgIpc) is 3.08. The fourth-order valence-electron chi connectivity index (χ4n) is 7.80. The Morgan fingerprint density at radius 1 is 1.20 bits per heavy atom. The van der Waals surface area contributed by atoms with Crippen LogP contribution in [0.5, 0.6) is 0 Å². The van der Waals surface area contributed by atoms with E-state index in [9.17, 15) is 19.8 Å². The fraction of sp³-hybridized carbons (Fsp3) is 0.750. The molecular weight excluding hydrogens is 444 g/mol. The van der Waals surface area contributed by atoms with Gasteiger partial charge in [0.2, 0.25) is 0 Å². The summed E-state index contributed by atoms with van der Waals surface area (Å²) < 4.78 is 0. The van der Waals surface area contributed by atoms with Gasteiger partial charge in [0.15, 0.2) is 6.61 Å². The molecule has 0 unspecified atom stereocenters. The van der Waals surface area contributed by atoms with E-state index in [4.69, 9.17) is 11.3 Å². The van der Waals surface area contributed by atoms with Crippen molar-refractivity contribution in [3.8, 4) is 12.3 Å². The summed E-state index contributed by atoms with van der Waals surface area (Å²) in [5.74, 6) is 2.62. The lowest BCUT2D eigenvalue weighted by Crippen LogP contribution is -2.54. The molecule has 3 fully saturated rings. The number of nitrogens with zero attached hydrogens (tertiary/aromatic N) is 1. The van der Waals surface area contributed by atoms with E-state index in [0.29, 0.717) is 24.2 Å². The summed E-state index contributed by atoms with van der Waals surface area (Å²) in [5.41, 5.74) is 1.20. The lowest BCUT2D eigenvalue weighted by molar-refractivity contribution is -0.143. The normalized spacial score (nSPS) is 40.1. The van der Waals surface area contributed by atoms with Gasteiger partial charge in [-0.1, -0.05) is 44.3 Å². The van der Waals surface area contributed by atoms with Gasteiger partial charge < -0.3 is 20.4 Å². The standard InChI is InChI=1S/C28H40N2O5/c1-6-28(34)14-11-22-20-8-7-18-15-19(9-12-26(18,4)21(20)10-13-27(22,28)5)30-35-16-23(31)29-24(17(2)3)25(32)33/h1,15,17,20-22,24,34H,7-14,16H2,2-5H3,(H,29,31)(H,32,33)/b30-19+/t20-,21+,22+,24+,26+,27+,28-/m1/s1. The number of allylic oxidation sites excluding steroid dienone is 2. The van der Waals surface area contributed by atoms with Crippen LogP contribution in [0.25, 0.3) is 0 Å². The van der Waals surface area contributed by atoms with Crippen molar-refractivity contribution in [3.05, 3.63) is 11.6 Å². The number of oxime groups is 1. The Labute approximate surface area is 208 Å². The molecule has 35 heavy (non-hydrogen) atoms. The number of fused-ring (bicyclic) bond motifs is 5. The number of aliphatic hydroxyl groups is 1. The monoisotopic (exact) mass is 484 g/mol. The van der Waals surface area contributed by atoms with Gasteiger partial charge in [0.1, 0.15) is 11.6 Å². The fourth-order valence-corrected chi connectivity index (χ4v) is 7.80. The molecule has 4 rings (SSSR count). The minimum Gasteiger partial charge on any atom is -0.480 e. The minimum absolute atomic E-state index is 0.115. The van der Waals surface area contributed by atoms with Crippen LogP contribution < -0.4 is 5.32 Å². The van der Waals surface area contributed by atoms with Crippen LogP contribution in [0, 0.1) is 46.8 Å². The number of carboxylic acids is 1. The molecule has 7 atom stereocenters. The summed E-state index contributed by atoms with van der Waals surface area (Å²) in [6.45, 7) is 7.80. The number of aliphatic carboxylic acids is 1. The van der Waals surface area contributed by atoms with Crippen molar-refractivity contribution in [2.75, 3.05) is 6.61 Å². The van der Waals surface area contributed by atoms with Crippen LogP contribution in [0.3, 0.4) is 0 Å². The van der Waals surface area contributed by atoms with Crippen LogP contribution in [-0.4, -0.2) is 46.1 Å². The number of carbonyl (C=O) groups is 2. The van der Waals surface area contributed by atoms with Crippen molar-refractivity contribution in [3.63, 3.8) is 0 Å². The van der Waals surface area contributed by atoms with Gasteiger partial charge in [0.25, 0.3) is 5.91 Å². The summed E-state index contributed by atoms with van der Waals surface area (Å²) in [4.78, 5) is 28.7. The number of hydrogen-bond acceptors (Lipinski definition) is 5. The highest BCUT2D eigenvalue weighted by Crippen LogP contribution is 2.67. The van der Waals surface area contributed by atoms with Crippen LogP contribution in [-0.2, 0) is 14.4 Å². The van der Waals surface area contributed by atoms with E-state index in [1.165, 1.54) is 5.57 Å². The van der Waals surface area contributed by atoms with Crippen molar-refractivity contribution < 1.29 is 24.6 Å². The molecule has 4 aliphatic carbocycles. The molecule has 7 nitrogen and oxygen atoms in total. The number of hydrogen-bond donors (Lipinski definition) is 3. The van der Waals surface area contributed by atoms with E-state index in [2.05, 4.69) is 36.3 Å². The average molecular weight is 485 g/mol. The van der Waals surface area contributed by atoms with Crippen molar-refractivity contribution >= 4 is 17.6 Å². The van der Waals surface area contributed by atoms with Crippen molar-refractivity contribution in [2.45, 2.75) is 90.7 Å². The Hall–Kier alpha value is -2.33. The maximum Gasteiger partial charge on any atom is 0.326 e. The highest BCUT2D eigenvalue weighted by atomic mass is 16.6. The lowest BCUT2D eigenvalue weighted by Gasteiger charge is -2.58. The Morgan fingerprint density at radius 3 is 2.57 bits per heavy atom. The molecule has 0 saturated heterocycles. The lowest BCUT2D eigenvalue weighted by atomic mass is 9.46. The summed E-state index contributed by atoms with van der Waals surface area (Å²) in [7, 11) is 0. The second-order valence-electron chi connectivity index (χ2n) is 12.0. The Morgan fingerprint density at radius 2 is 1.91 bits per heavy atom. The van der Waals surface area contributed by atoms with Gasteiger partial charge >= 0.3 is 5.97 Å². The largest absolute Gasteiger partial charge is 0.480 e. The highest BCUT2D eigenvalue weighted by molar-refractivity contribution is 5.96. The molecule has 0 bridgehead atoms. The topological polar surface area (TPSA) is 108 Å². The summed E-state index contributed by atoms with van der Waals surface area (Å²) in [6.07, 6.45) is 15.6. The number of amides is 1. The Bertz CT molecular complexity index is 980. The molecule has 0 aromatic heterocycles. The van der Waals surface area contributed by atoms with Gasteiger partial charge in [-0.2, -0.15) is 0 Å². The molecule has 192 valence electrons. The zero-order valence-corrected chi connectivity index (χ0v) is 21.5. The zero-order chi connectivity index (χ0) is 25.6. The number of rotatable bonds is 6. The molecular formula is C28H40N2O5. The third kappa shape index (κ3) is 4.28. The van der Waals surface area contributed by atoms with Gasteiger partial charge in [-0.25, -0.2) is 4.79 Å². The van der Waals surface area contributed by atoms with Crippen molar-refractivity contribution in [2.24, 2.45) is 39.7 Å². The van der Waals surface area contributed by atoms with E-state index in [-0.39, 0.29) is 23.4 Å². The van der Waals surface area contributed by atoms with E-state index in [1.54, 1.807) is 13.8 Å². The van der Waals surface area contributed by atoms with E-state index >= 15 is 0 Å². The van der Waals surface area contributed by atoms with Crippen LogP contribution in [0.4, 0.5) is 0 Å². The molecule has 0 aromatic rings. The van der Waals surface area contributed by atoms with Crippen LogP contribution >= 0.6 is 0 Å². The summed E-state index contributed by atoms with van der Waals surface area (Å²) in [5, 5.41) is 27.1. The SMILES string of the molecule is C#C[C@@]1(O)CC[C@H]2[C@@H]3CCC4=C/C(=N/OCC(=O)N[C@H](C(=O)O)C(C)C)CC[C@]4(C)[C@H]3CC[C@@]21C. The molecule has 0 spiro atoms. The first-order chi connectivity index (χ1) is 16.4. The predicted molar refractivity (Wildman–Crippen MR) is 133 cm³/mol. The molecule has 0 aromatic carbocycles. The van der Waals surface area contributed by atoms with E-state index in [0.717, 1.165) is 50.7 Å². The molecule has 1 amide bonds. The Balaban J connectivity index is 1.41. The highest BCUT2D eigenvalue weighted by Gasteiger charge is 2.63. The van der Waals surface area contributed by atoms with Gasteiger partial charge in [0, 0.05) is 5.41 Å². The first-order valence-electron chi connectivity index (χ1n) is 13.1. The number of carbonyl (C=O) groups excluding carboxylic acids is 1. The van der Waals surface area contributed by atoms with Gasteiger partial charge in [-0.05, 0) is 86.5 Å². The Kier molecular flexibility index (Phi) is 6.83. The third-order valence-electron chi connectivity index (χ3n) is 9.99. The molecule has 0 aliphatic heterocycles. The van der Waals surface area contributed by atoms with Gasteiger partial charge in [0.05, 0.1) is 5.71 Å². The summed E-state index contributed by atoms with van der Waals surface area (Å²) in [6, 6.07) is -0.944. The van der Waals surface area contributed by atoms with Crippen LogP contribution in [0.2, 0.25) is 0 Å². The molecule has 0 radical (unpaired) electrons. The van der Waals surface area contributed by atoms with E-state index in [1.807, 2.05) is 0 Å². The number of nitrogens with one attached hydrogen (secondary N) is 1. The number of carboxylic acid groups (broad SMARTS) is 1. The van der Waals surface area contributed by atoms with Crippen LogP contribution in [0.15, 0.2) is 16.8 Å². The second kappa shape index (κ2) is 9.28. The van der Waals surface area contributed by atoms with Gasteiger partial charge in [-0.15, -0.1) is 6.42 Å². The van der Waals surface area contributed by atoms with E-state index < -0.39 is 23.5 Å². The smallest absolute Gasteiger partial charge is 0.326 e. The third-order valence-corrected chi connectivity index (χ3v) is 9.99. The zero-order valence-electron chi connectivity index (χ0n) is 21.5. The molecule has 0 heterocycles. The van der Waals surface area contributed by atoms with Gasteiger partial charge in [-0.3, -0.25) is 4.79 Å². The molecule has 4 aliphatic rings. The first-order valence-corrected chi connectivity index (χ1v) is 13.1. The quantitative estimate of drug-likeness (QED) is 0.391. The minimum atomic E-state index is -1.06.